The molecule has 5 nitrogen and oxygen atoms in total. The Morgan fingerprint density at radius 1 is 1.35 bits per heavy atom. The largest absolute Gasteiger partial charge is 0.387 e. The van der Waals surface area contributed by atoms with Gasteiger partial charge < -0.3 is 10.8 Å². The molecular weight excluding hydrogens is 223 g/mol. The van der Waals surface area contributed by atoms with Gasteiger partial charge in [0.1, 0.15) is 6.67 Å². The molecule has 0 aliphatic rings. The van der Waals surface area contributed by atoms with E-state index in [1.54, 1.807) is 41.3 Å². The van der Waals surface area contributed by atoms with Gasteiger partial charge in [-0.1, -0.05) is 17.3 Å². The van der Waals surface area contributed by atoms with Crippen LogP contribution in [0.15, 0.2) is 36.7 Å². The first-order chi connectivity index (χ1) is 8.22. The minimum atomic E-state index is -0.996. The molecule has 17 heavy (non-hydrogen) atoms. The molecule has 0 bridgehead atoms. The second-order valence-corrected chi connectivity index (χ2v) is 3.70. The van der Waals surface area contributed by atoms with Gasteiger partial charge in [-0.05, 0) is 17.7 Å². The average molecular weight is 236 g/mol. The molecule has 0 amide bonds. The first-order valence-corrected chi connectivity index (χ1v) is 5.18. The van der Waals surface area contributed by atoms with Crippen LogP contribution in [0.3, 0.4) is 0 Å². The predicted octanol–water partition coefficient (Wildman–Crippen LogP) is 0.598. The van der Waals surface area contributed by atoms with Crippen molar-refractivity contribution in [2.24, 2.45) is 5.73 Å². The second kappa shape index (κ2) is 5.03. The van der Waals surface area contributed by atoms with Gasteiger partial charge in [-0.3, -0.25) is 0 Å². The number of rotatable bonds is 4. The van der Waals surface area contributed by atoms with Crippen molar-refractivity contribution in [3.8, 4) is 5.69 Å². The Balaban J connectivity index is 2.18. The smallest absolute Gasteiger partial charge is 0.107 e. The molecule has 6 heteroatoms. The van der Waals surface area contributed by atoms with Crippen LogP contribution in [0, 0.1) is 0 Å². The molecule has 1 aromatic carbocycles. The van der Waals surface area contributed by atoms with E-state index in [2.05, 4.69) is 10.3 Å². The monoisotopic (exact) mass is 236 g/mol. The minimum absolute atomic E-state index is 0.582. The van der Waals surface area contributed by atoms with Crippen molar-refractivity contribution in [2.45, 2.75) is 12.1 Å². The summed E-state index contributed by atoms with van der Waals surface area (Å²) >= 11 is 0. The number of hydrogen-bond donors (Lipinski definition) is 2. The van der Waals surface area contributed by atoms with Crippen molar-refractivity contribution in [3.63, 3.8) is 0 Å². The van der Waals surface area contributed by atoms with E-state index in [4.69, 9.17) is 5.73 Å². The third-order valence-electron chi connectivity index (χ3n) is 2.51. The molecule has 0 spiro atoms. The lowest BCUT2D eigenvalue weighted by Gasteiger charge is -2.16. The molecule has 0 unspecified atom stereocenters. The minimum Gasteiger partial charge on any atom is -0.387 e. The predicted molar refractivity (Wildman–Crippen MR) is 60.3 cm³/mol. The molecule has 0 fully saturated rings. The summed E-state index contributed by atoms with van der Waals surface area (Å²) in [6, 6.07) is 6.01. The van der Waals surface area contributed by atoms with Crippen molar-refractivity contribution in [1.29, 1.82) is 0 Å². The number of benzene rings is 1. The SMILES string of the molecule is N[C@H](CF)[C@H](O)c1ccc(-n2ccnn2)cc1. The Kier molecular flexibility index (Phi) is 3.46. The van der Waals surface area contributed by atoms with Gasteiger partial charge in [0.05, 0.1) is 30.2 Å². The Labute approximate surface area is 97.7 Å². The van der Waals surface area contributed by atoms with Crippen LogP contribution in [0.25, 0.3) is 5.69 Å². The zero-order valence-corrected chi connectivity index (χ0v) is 9.07. The summed E-state index contributed by atoms with van der Waals surface area (Å²) in [6.07, 6.45) is 2.28. The van der Waals surface area contributed by atoms with Crippen LogP contribution >= 0.6 is 0 Å². The quantitative estimate of drug-likeness (QED) is 0.814. The van der Waals surface area contributed by atoms with Crippen LogP contribution in [0.5, 0.6) is 0 Å². The molecule has 0 aliphatic heterocycles. The Hall–Kier alpha value is -1.79. The van der Waals surface area contributed by atoms with Crippen molar-refractivity contribution in [2.75, 3.05) is 6.67 Å². The maximum absolute atomic E-state index is 12.3. The third kappa shape index (κ3) is 2.48. The number of nitrogens with two attached hydrogens (primary N) is 1. The van der Waals surface area contributed by atoms with Crippen LogP contribution in [0.4, 0.5) is 4.39 Å². The molecular formula is C11H13FN4O. The molecule has 3 N–H and O–H groups in total. The van der Waals surface area contributed by atoms with E-state index in [-0.39, 0.29) is 0 Å². The maximum Gasteiger partial charge on any atom is 0.107 e. The molecule has 2 rings (SSSR count). The summed E-state index contributed by atoms with van der Waals surface area (Å²) in [5.74, 6) is 0. The molecule has 90 valence electrons. The Morgan fingerprint density at radius 2 is 2.06 bits per heavy atom. The molecule has 0 saturated carbocycles. The summed E-state index contributed by atoms with van der Waals surface area (Å²) < 4.78 is 13.9. The highest BCUT2D eigenvalue weighted by Crippen LogP contribution is 2.17. The van der Waals surface area contributed by atoms with E-state index in [9.17, 15) is 9.50 Å². The number of hydrogen-bond acceptors (Lipinski definition) is 4. The Bertz CT molecular complexity index is 457. The van der Waals surface area contributed by atoms with Crippen molar-refractivity contribution in [1.82, 2.24) is 15.0 Å². The summed E-state index contributed by atoms with van der Waals surface area (Å²) in [4.78, 5) is 0. The van der Waals surface area contributed by atoms with Crippen molar-refractivity contribution < 1.29 is 9.50 Å². The number of aliphatic hydroxyl groups is 1. The highest BCUT2D eigenvalue weighted by Gasteiger charge is 2.16. The number of alkyl halides is 1. The summed E-state index contributed by atoms with van der Waals surface area (Å²) in [5.41, 5.74) is 6.82. The maximum atomic E-state index is 12.3. The molecule has 0 saturated heterocycles. The number of nitrogens with zero attached hydrogens (tertiary/aromatic N) is 3. The van der Waals surface area contributed by atoms with Crippen LogP contribution in [-0.2, 0) is 0 Å². The standard InChI is InChI=1S/C11H13FN4O/c12-7-10(13)11(17)8-1-3-9(4-2-8)16-6-5-14-15-16/h1-6,10-11,17H,7,13H2/t10-,11-/m1/s1. The van der Waals surface area contributed by atoms with Crippen LogP contribution in [0.2, 0.25) is 0 Å². The second-order valence-electron chi connectivity index (χ2n) is 3.70. The van der Waals surface area contributed by atoms with Crippen molar-refractivity contribution >= 4 is 0 Å². The van der Waals surface area contributed by atoms with E-state index in [1.165, 1.54) is 0 Å². The normalized spacial score (nSPS) is 14.5. The highest BCUT2D eigenvalue weighted by molar-refractivity contribution is 5.34. The van der Waals surface area contributed by atoms with Gasteiger partial charge >= 0.3 is 0 Å². The molecule has 0 aliphatic carbocycles. The van der Waals surface area contributed by atoms with E-state index in [0.29, 0.717) is 5.56 Å². The zero-order chi connectivity index (χ0) is 12.3. The number of aliphatic hydroxyl groups excluding tert-OH is 1. The van der Waals surface area contributed by atoms with Gasteiger partial charge in [0.15, 0.2) is 0 Å². The van der Waals surface area contributed by atoms with E-state index < -0.39 is 18.8 Å². The first-order valence-electron chi connectivity index (χ1n) is 5.18. The van der Waals surface area contributed by atoms with Gasteiger partial charge in [-0.2, -0.15) is 0 Å². The number of aromatic nitrogens is 3. The van der Waals surface area contributed by atoms with E-state index >= 15 is 0 Å². The van der Waals surface area contributed by atoms with E-state index in [0.717, 1.165) is 5.69 Å². The zero-order valence-electron chi connectivity index (χ0n) is 9.07. The van der Waals surface area contributed by atoms with Gasteiger partial charge in [0.2, 0.25) is 0 Å². The molecule has 1 heterocycles. The van der Waals surface area contributed by atoms with Crippen molar-refractivity contribution in [3.05, 3.63) is 42.2 Å². The average Bonchev–Trinajstić information content (AvgIpc) is 2.91. The molecule has 1 aromatic heterocycles. The van der Waals surface area contributed by atoms with Gasteiger partial charge in [0, 0.05) is 0 Å². The Morgan fingerprint density at radius 3 is 2.59 bits per heavy atom. The fourth-order valence-electron chi connectivity index (χ4n) is 1.50. The van der Waals surface area contributed by atoms with Crippen LogP contribution in [0.1, 0.15) is 11.7 Å². The lowest BCUT2D eigenvalue weighted by Crippen LogP contribution is -2.30. The lowest BCUT2D eigenvalue weighted by molar-refractivity contribution is 0.132. The van der Waals surface area contributed by atoms with Crippen LogP contribution in [-0.4, -0.2) is 32.8 Å². The van der Waals surface area contributed by atoms with Gasteiger partial charge in [-0.25, -0.2) is 9.07 Å². The first kappa shape index (κ1) is 11.7. The van der Waals surface area contributed by atoms with Gasteiger partial charge in [-0.15, -0.1) is 5.10 Å². The summed E-state index contributed by atoms with van der Waals surface area (Å²) in [7, 11) is 0. The lowest BCUT2D eigenvalue weighted by atomic mass is 10.0. The summed E-state index contributed by atoms with van der Waals surface area (Å²) in [5, 5.41) is 17.2. The highest BCUT2D eigenvalue weighted by atomic mass is 19.1. The molecule has 0 radical (unpaired) electrons. The number of halogens is 1. The van der Waals surface area contributed by atoms with Crippen LogP contribution < -0.4 is 5.73 Å². The third-order valence-corrected chi connectivity index (χ3v) is 2.51. The van der Waals surface area contributed by atoms with Gasteiger partial charge in [0.25, 0.3) is 0 Å². The summed E-state index contributed by atoms with van der Waals surface area (Å²) in [6.45, 7) is -0.758. The topological polar surface area (TPSA) is 77.0 Å². The van der Waals surface area contributed by atoms with E-state index in [1.807, 2.05) is 0 Å². The molecule has 2 aromatic rings. The fraction of sp³-hybridized carbons (Fsp3) is 0.273. The molecule has 2 atom stereocenters. The fourth-order valence-corrected chi connectivity index (χ4v) is 1.50.